The van der Waals surface area contributed by atoms with Gasteiger partial charge in [-0.05, 0) is 18.6 Å². The second-order valence-electron chi connectivity index (χ2n) is 4.35. The fourth-order valence-corrected chi connectivity index (χ4v) is 1.77. The maximum absolute atomic E-state index is 11.9. The van der Waals surface area contributed by atoms with Crippen LogP contribution in [0.5, 0.6) is 0 Å². The Morgan fingerprint density at radius 3 is 2.61 bits per heavy atom. The molecular formula is C15H17NO2. The number of hydrogen-bond acceptors (Lipinski definition) is 2. The molecule has 1 atom stereocenters. The molecule has 1 aromatic carbocycles. The largest absolute Gasteiger partial charge is 0.366 e. The fourth-order valence-electron chi connectivity index (χ4n) is 1.77. The van der Waals surface area contributed by atoms with Crippen LogP contribution in [0.3, 0.4) is 0 Å². The maximum atomic E-state index is 11.9. The Bertz CT molecular complexity index is 516. The van der Waals surface area contributed by atoms with Crippen LogP contribution in [0.4, 0.5) is 0 Å². The fraction of sp³-hybridized carbons (Fsp3) is 0.267. The van der Waals surface area contributed by atoms with Crippen molar-refractivity contribution in [3.05, 3.63) is 59.9 Å². The van der Waals surface area contributed by atoms with Crippen LogP contribution in [0.1, 0.15) is 28.9 Å². The minimum atomic E-state index is -0.0705. The lowest BCUT2D eigenvalue weighted by Gasteiger charge is -2.12. The first-order chi connectivity index (χ1) is 8.66. The van der Waals surface area contributed by atoms with Crippen molar-refractivity contribution in [2.45, 2.75) is 13.0 Å². The highest BCUT2D eigenvalue weighted by atomic mass is 16.5. The number of rotatable bonds is 5. The Kier molecular flexibility index (Phi) is 3.95. The molecule has 0 saturated carbocycles. The molecule has 0 aliphatic heterocycles. The van der Waals surface area contributed by atoms with Crippen molar-refractivity contribution in [3.8, 4) is 0 Å². The van der Waals surface area contributed by atoms with Gasteiger partial charge in [-0.1, -0.05) is 30.3 Å². The zero-order valence-corrected chi connectivity index (χ0v) is 10.7. The van der Waals surface area contributed by atoms with E-state index >= 15 is 0 Å². The summed E-state index contributed by atoms with van der Waals surface area (Å²) >= 11 is 0. The SMILES string of the molecule is CC(OCC(=O)c1ccn(C)c1)c1ccccc1. The van der Waals surface area contributed by atoms with Crippen molar-refractivity contribution in [1.82, 2.24) is 4.57 Å². The molecular weight excluding hydrogens is 226 g/mol. The van der Waals surface area contributed by atoms with Gasteiger partial charge in [0.05, 0.1) is 6.10 Å². The Balaban J connectivity index is 1.90. The predicted octanol–water partition coefficient (Wildman–Crippen LogP) is 2.99. The highest BCUT2D eigenvalue weighted by Crippen LogP contribution is 2.16. The summed E-state index contributed by atoms with van der Waals surface area (Å²) in [6, 6.07) is 11.7. The minimum Gasteiger partial charge on any atom is -0.366 e. The van der Waals surface area contributed by atoms with E-state index in [0.29, 0.717) is 5.56 Å². The van der Waals surface area contributed by atoms with Gasteiger partial charge < -0.3 is 9.30 Å². The summed E-state index contributed by atoms with van der Waals surface area (Å²) in [6.07, 6.45) is 3.59. The number of nitrogens with zero attached hydrogens (tertiary/aromatic N) is 1. The van der Waals surface area contributed by atoms with E-state index < -0.39 is 0 Å². The number of Topliss-reactive ketones (excluding diaryl/α,β-unsaturated/α-hetero) is 1. The van der Waals surface area contributed by atoms with Gasteiger partial charge in [0, 0.05) is 25.0 Å². The summed E-state index contributed by atoms with van der Waals surface area (Å²) in [5.41, 5.74) is 1.77. The predicted molar refractivity (Wildman–Crippen MR) is 70.6 cm³/mol. The number of benzene rings is 1. The first-order valence-corrected chi connectivity index (χ1v) is 5.98. The van der Waals surface area contributed by atoms with E-state index in [-0.39, 0.29) is 18.5 Å². The molecule has 3 heteroatoms. The van der Waals surface area contributed by atoms with E-state index in [1.165, 1.54) is 0 Å². The van der Waals surface area contributed by atoms with Crippen LogP contribution in [0.2, 0.25) is 0 Å². The zero-order chi connectivity index (χ0) is 13.0. The zero-order valence-electron chi connectivity index (χ0n) is 10.7. The highest BCUT2D eigenvalue weighted by Gasteiger charge is 2.11. The van der Waals surface area contributed by atoms with E-state index in [2.05, 4.69) is 0 Å². The highest BCUT2D eigenvalue weighted by molar-refractivity contribution is 5.96. The van der Waals surface area contributed by atoms with Crippen LogP contribution >= 0.6 is 0 Å². The van der Waals surface area contributed by atoms with Crippen molar-refractivity contribution in [2.24, 2.45) is 7.05 Å². The monoisotopic (exact) mass is 243 g/mol. The van der Waals surface area contributed by atoms with Crippen LogP contribution in [-0.4, -0.2) is 17.0 Å². The van der Waals surface area contributed by atoms with Crippen molar-refractivity contribution in [1.29, 1.82) is 0 Å². The quantitative estimate of drug-likeness (QED) is 0.756. The molecule has 1 aromatic heterocycles. The average Bonchev–Trinajstić information content (AvgIpc) is 2.83. The van der Waals surface area contributed by atoms with E-state index in [1.54, 1.807) is 12.3 Å². The smallest absolute Gasteiger partial charge is 0.190 e. The molecule has 0 amide bonds. The lowest BCUT2D eigenvalue weighted by molar-refractivity contribution is 0.0521. The van der Waals surface area contributed by atoms with Gasteiger partial charge in [-0.2, -0.15) is 0 Å². The average molecular weight is 243 g/mol. The molecule has 0 radical (unpaired) electrons. The molecule has 2 rings (SSSR count). The summed E-state index contributed by atoms with van der Waals surface area (Å²) in [7, 11) is 1.89. The molecule has 94 valence electrons. The number of aromatic nitrogens is 1. The van der Waals surface area contributed by atoms with Gasteiger partial charge >= 0.3 is 0 Å². The first-order valence-electron chi connectivity index (χ1n) is 5.98. The summed E-state index contributed by atoms with van der Waals surface area (Å²) in [5.74, 6) is 0.0124. The third kappa shape index (κ3) is 3.08. The topological polar surface area (TPSA) is 31.2 Å². The van der Waals surface area contributed by atoms with Gasteiger partial charge in [-0.3, -0.25) is 4.79 Å². The molecule has 0 N–H and O–H groups in total. The number of ether oxygens (including phenoxy) is 1. The summed E-state index contributed by atoms with van der Waals surface area (Å²) in [4.78, 5) is 11.9. The lowest BCUT2D eigenvalue weighted by Crippen LogP contribution is -2.11. The summed E-state index contributed by atoms with van der Waals surface area (Å²) < 4.78 is 7.45. The summed E-state index contributed by atoms with van der Waals surface area (Å²) in [5, 5.41) is 0. The lowest BCUT2D eigenvalue weighted by atomic mass is 10.1. The second kappa shape index (κ2) is 5.65. The molecule has 0 spiro atoms. The van der Waals surface area contributed by atoms with Gasteiger partial charge in [0.2, 0.25) is 0 Å². The Morgan fingerprint density at radius 2 is 2.00 bits per heavy atom. The van der Waals surface area contributed by atoms with Crippen LogP contribution in [0.25, 0.3) is 0 Å². The van der Waals surface area contributed by atoms with Crippen LogP contribution < -0.4 is 0 Å². The minimum absolute atomic E-state index is 0.0124. The Hall–Kier alpha value is -1.87. The van der Waals surface area contributed by atoms with Crippen molar-refractivity contribution < 1.29 is 9.53 Å². The number of aryl methyl sites for hydroxylation is 1. The third-order valence-corrected chi connectivity index (χ3v) is 2.89. The third-order valence-electron chi connectivity index (χ3n) is 2.89. The molecule has 2 aromatic rings. The molecule has 0 bridgehead atoms. The summed E-state index contributed by atoms with van der Waals surface area (Å²) in [6.45, 7) is 2.06. The molecule has 1 unspecified atom stereocenters. The Morgan fingerprint density at radius 1 is 1.28 bits per heavy atom. The normalized spacial score (nSPS) is 12.3. The van der Waals surface area contributed by atoms with Gasteiger partial charge in [-0.25, -0.2) is 0 Å². The van der Waals surface area contributed by atoms with Gasteiger partial charge in [0.25, 0.3) is 0 Å². The number of ketones is 1. The van der Waals surface area contributed by atoms with Crippen molar-refractivity contribution in [3.63, 3.8) is 0 Å². The molecule has 1 heterocycles. The van der Waals surface area contributed by atoms with Gasteiger partial charge in [0.1, 0.15) is 6.61 Å². The molecule has 18 heavy (non-hydrogen) atoms. The van der Waals surface area contributed by atoms with Gasteiger partial charge in [0.15, 0.2) is 5.78 Å². The number of carbonyl (C=O) groups is 1. The molecule has 3 nitrogen and oxygen atoms in total. The standard InChI is InChI=1S/C15H17NO2/c1-12(13-6-4-3-5-7-13)18-11-15(17)14-8-9-16(2)10-14/h3-10,12H,11H2,1-2H3. The van der Waals surface area contributed by atoms with E-state index in [9.17, 15) is 4.79 Å². The maximum Gasteiger partial charge on any atom is 0.190 e. The van der Waals surface area contributed by atoms with Gasteiger partial charge in [-0.15, -0.1) is 0 Å². The Labute approximate surface area is 107 Å². The van der Waals surface area contributed by atoms with Crippen molar-refractivity contribution in [2.75, 3.05) is 6.61 Å². The first kappa shape index (κ1) is 12.6. The van der Waals surface area contributed by atoms with E-state index in [1.807, 2.05) is 55.1 Å². The molecule has 0 aliphatic carbocycles. The number of carbonyl (C=O) groups excluding carboxylic acids is 1. The van der Waals surface area contributed by atoms with Crippen LogP contribution in [0.15, 0.2) is 48.8 Å². The van der Waals surface area contributed by atoms with E-state index in [0.717, 1.165) is 5.56 Å². The number of hydrogen-bond donors (Lipinski definition) is 0. The molecule has 0 fully saturated rings. The van der Waals surface area contributed by atoms with Crippen LogP contribution in [-0.2, 0) is 11.8 Å². The molecule has 0 saturated heterocycles. The van der Waals surface area contributed by atoms with Crippen LogP contribution in [0, 0.1) is 0 Å². The van der Waals surface area contributed by atoms with Crippen molar-refractivity contribution >= 4 is 5.78 Å². The molecule has 0 aliphatic rings. The second-order valence-corrected chi connectivity index (χ2v) is 4.35. The van der Waals surface area contributed by atoms with E-state index in [4.69, 9.17) is 4.74 Å².